The van der Waals surface area contributed by atoms with Gasteiger partial charge in [0.25, 0.3) is 0 Å². The number of ether oxygens (including phenoxy) is 1. The van der Waals surface area contributed by atoms with Gasteiger partial charge < -0.3 is 4.74 Å². The fourth-order valence-corrected chi connectivity index (χ4v) is 4.02. The standard InChI is InChI=1S/C17H15ClF3NO4S/c1-22(10-12-5-3-4-6-13(12)17(19,20)21)27(24,25)15-9-11(16(23)26-2)7-8-14(15)18/h3-9H,10H2,1-2H3. The van der Waals surface area contributed by atoms with Crippen LogP contribution >= 0.6 is 11.6 Å². The molecule has 0 amide bonds. The number of methoxy groups -OCH3 is 1. The summed E-state index contributed by atoms with van der Waals surface area (Å²) < 4.78 is 70.2. The minimum absolute atomic E-state index is 0.0513. The smallest absolute Gasteiger partial charge is 0.416 e. The van der Waals surface area contributed by atoms with Crippen molar-refractivity contribution in [2.75, 3.05) is 14.2 Å². The van der Waals surface area contributed by atoms with Gasteiger partial charge in [-0.05, 0) is 29.8 Å². The lowest BCUT2D eigenvalue weighted by Gasteiger charge is -2.21. The molecule has 10 heteroatoms. The summed E-state index contributed by atoms with van der Waals surface area (Å²) in [4.78, 5) is 11.2. The van der Waals surface area contributed by atoms with Crippen molar-refractivity contribution in [2.24, 2.45) is 0 Å². The van der Waals surface area contributed by atoms with Gasteiger partial charge in [-0.15, -0.1) is 0 Å². The summed E-state index contributed by atoms with van der Waals surface area (Å²) in [7, 11) is -2.01. The van der Waals surface area contributed by atoms with Gasteiger partial charge >= 0.3 is 12.1 Å². The van der Waals surface area contributed by atoms with Crippen molar-refractivity contribution in [1.29, 1.82) is 0 Å². The molecule has 0 aromatic heterocycles. The van der Waals surface area contributed by atoms with Crippen LogP contribution in [0.2, 0.25) is 5.02 Å². The molecule has 0 heterocycles. The van der Waals surface area contributed by atoms with Crippen LogP contribution in [0.5, 0.6) is 0 Å². The van der Waals surface area contributed by atoms with Gasteiger partial charge in [-0.3, -0.25) is 0 Å². The first kappa shape index (κ1) is 21.2. The highest BCUT2D eigenvalue weighted by molar-refractivity contribution is 7.89. The first-order chi connectivity index (χ1) is 12.5. The van der Waals surface area contributed by atoms with Crippen molar-refractivity contribution >= 4 is 27.6 Å². The van der Waals surface area contributed by atoms with Gasteiger partial charge in [-0.2, -0.15) is 17.5 Å². The number of esters is 1. The second-order valence-corrected chi connectivity index (χ2v) is 7.97. The zero-order chi connectivity index (χ0) is 20.4. The molecular formula is C17H15ClF3NO4S. The Labute approximate surface area is 159 Å². The van der Waals surface area contributed by atoms with Crippen LogP contribution in [-0.2, 0) is 27.5 Å². The Hall–Kier alpha value is -2.10. The van der Waals surface area contributed by atoms with Crippen molar-refractivity contribution in [3.8, 4) is 0 Å². The highest BCUT2D eigenvalue weighted by Crippen LogP contribution is 2.33. The molecule has 0 aliphatic heterocycles. The molecule has 0 atom stereocenters. The first-order valence-corrected chi connectivity index (χ1v) is 9.29. The van der Waals surface area contributed by atoms with Gasteiger partial charge in [-0.1, -0.05) is 29.8 Å². The third-order valence-corrected chi connectivity index (χ3v) is 6.04. The average molecular weight is 422 g/mol. The fourth-order valence-electron chi connectivity index (χ4n) is 2.37. The van der Waals surface area contributed by atoms with Crippen LogP contribution in [0.4, 0.5) is 13.2 Å². The van der Waals surface area contributed by atoms with Crippen LogP contribution in [0.15, 0.2) is 47.4 Å². The normalized spacial score (nSPS) is 12.3. The Morgan fingerprint density at radius 3 is 2.41 bits per heavy atom. The van der Waals surface area contributed by atoms with E-state index in [4.69, 9.17) is 11.6 Å². The van der Waals surface area contributed by atoms with Crippen molar-refractivity contribution in [3.05, 3.63) is 64.2 Å². The lowest BCUT2D eigenvalue weighted by Crippen LogP contribution is -2.28. The SMILES string of the molecule is COC(=O)c1ccc(Cl)c(S(=O)(=O)N(C)Cc2ccccc2C(F)(F)F)c1. The van der Waals surface area contributed by atoms with E-state index in [0.717, 1.165) is 30.6 Å². The molecule has 0 radical (unpaired) electrons. The van der Waals surface area contributed by atoms with Crippen molar-refractivity contribution in [2.45, 2.75) is 17.6 Å². The van der Waals surface area contributed by atoms with Crippen LogP contribution in [0, 0.1) is 0 Å². The molecule has 0 spiro atoms. The van der Waals surface area contributed by atoms with E-state index in [-0.39, 0.29) is 16.1 Å². The molecule has 2 aromatic carbocycles. The van der Waals surface area contributed by atoms with Gasteiger partial charge in [0.1, 0.15) is 4.90 Å². The zero-order valence-electron chi connectivity index (χ0n) is 14.2. The van der Waals surface area contributed by atoms with E-state index in [0.29, 0.717) is 0 Å². The van der Waals surface area contributed by atoms with Crippen LogP contribution in [0.3, 0.4) is 0 Å². The highest BCUT2D eigenvalue weighted by atomic mass is 35.5. The van der Waals surface area contributed by atoms with Gasteiger partial charge in [0.15, 0.2) is 0 Å². The van der Waals surface area contributed by atoms with Crippen LogP contribution in [0.1, 0.15) is 21.5 Å². The molecule has 0 N–H and O–H groups in total. The van der Waals surface area contributed by atoms with Crippen molar-refractivity contribution in [1.82, 2.24) is 4.31 Å². The first-order valence-electron chi connectivity index (χ1n) is 7.47. The van der Waals surface area contributed by atoms with E-state index >= 15 is 0 Å². The summed E-state index contributed by atoms with van der Waals surface area (Å²) in [5, 5.41) is -0.168. The average Bonchev–Trinajstić information content (AvgIpc) is 2.60. The van der Waals surface area contributed by atoms with E-state index in [1.54, 1.807) is 0 Å². The molecule has 146 valence electrons. The zero-order valence-corrected chi connectivity index (χ0v) is 15.8. The Kier molecular flexibility index (Phi) is 6.18. The number of hydrogen-bond donors (Lipinski definition) is 0. The minimum atomic E-state index is -4.62. The molecule has 0 aliphatic carbocycles. The Balaban J connectivity index is 2.43. The van der Waals surface area contributed by atoms with Crippen LogP contribution < -0.4 is 0 Å². The van der Waals surface area contributed by atoms with Crippen LogP contribution in [0.25, 0.3) is 0 Å². The largest absolute Gasteiger partial charge is 0.465 e. The number of halogens is 4. The molecule has 2 aromatic rings. The number of sulfonamides is 1. The molecule has 0 saturated carbocycles. The summed E-state index contributed by atoms with van der Waals surface area (Å²) in [5.41, 5.74) is -1.19. The summed E-state index contributed by atoms with van der Waals surface area (Å²) in [6.07, 6.45) is -4.62. The maximum absolute atomic E-state index is 13.1. The molecule has 0 saturated heterocycles. The second kappa shape index (κ2) is 7.87. The number of benzene rings is 2. The number of carbonyl (C=O) groups excluding carboxylic acids is 1. The van der Waals surface area contributed by atoms with Crippen LogP contribution in [-0.4, -0.2) is 32.8 Å². The van der Waals surface area contributed by atoms with Gasteiger partial charge in [-0.25, -0.2) is 13.2 Å². The van der Waals surface area contributed by atoms with E-state index in [2.05, 4.69) is 4.74 Å². The summed E-state index contributed by atoms with van der Waals surface area (Å²) in [6.45, 7) is -0.531. The second-order valence-electron chi connectivity index (χ2n) is 5.55. The fraction of sp³-hybridized carbons (Fsp3) is 0.235. The van der Waals surface area contributed by atoms with Crippen molar-refractivity contribution in [3.63, 3.8) is 0 Å². The Morgan fingerprint density at radius 2 is 1.81 bits per heavy atom. The lowest BCUT2D eigenvalue weighted by atomic mass is 10.1. The van der Waals surface area contributed by atoms with E-state index < -0.39 is 39.2 Å². The number of rotatable bonds is 5. The lowest BCUT2D eigenvalue weighted by molar-refractivity contribution is -0.138. The predicted molar refractivity (Wildman–Crippen MR) is 92.9 cm³/mol. The maximum Gasteiger partial charge on any atom is 0.416 e. The molecule has 5 nitrogen and oxygen atoms in total. The third kappa shape index (κ3) is 4.60. The number of alkyl halides is 3. The monoisotopic (exact) mass is 421 g/mol. The molecule has 0 aliphatic rings. The quantitative estimate of drug-likeness (QED) is 0.685. The third-order valence-electron chi connectivity index (χ3n) is 3.76. The molecule has 27 heavy (non-hydrogen) atoms. The Bertz CT molecular complexity index is 961. The van der Waals surface area contributed by atoms with Gasteiger partial charge in [0.05, 0.1) is 23.3 Å². The molecular weight excluding hydrogens is 407 g/mol. The van der Waals surface area contributed by atoms with Gasteiger partial charge in [0.2, 0.25) is 10.0 Å². The maximum atomic E-state index is 13.1. The number of hydrogen-bond acceptors (Lipinski definition) is 4. The minimum Gasteiger partial charge on any atom is -0.465 e. The molecule has 0 unspecified atom stereocenters. The Morgan fingerprint density at radius 1 is 1.19 bits per heavy atom. The topological polar surface area (TPSA) is 63.7 Å². The molecule has 0 fully saturated rings. The number of nitrogens with zero attached hydrogens (tertiary/aromatic N) is 1. The summed E-state index contributed by atoms with van der Waals surface area (Å²) in [6, 6.07) is 8.19. The summed E-state index contributed by atoms with van der Waals surface area (Å²) >= 11 is 5.94. The van der Waals surface area contributed by atoms with E-state index in [9.17, 15) is 26.4 Å². The predicted octanol–water partition coefficient (Wildman–Crippen LogP) is 3.97. The highest BCUT2D eigenvalue weighted by Gasteiger charge is 2.34. The number of carbonyl (C=O) groups is 1. The van der Waals surface area contributed by atoms with Crippen molar-refractivity contribution < 1.29 is 31.1 Å². The summed E-state index contributed by atoms with van der Waals surface area (Å²) in [5.74, 6) is -0.770. The van der Waals surface area contributed by atoms with E-state index in [1.807, 2.05) is 0 Å². The van der Waals surface area contributed by atoms with Gasteiger partial charge in [0, 0.05) is 13.6 Å². The van der Waals surface area contributed by atoms with E-state index in [1.165, 1.54) is 30.3 Å². The molecule has 2 rings (SSSR count). The molecule has 0 bridgehead atoms.